The van der Waals surface area contributed by atoms with Crippen molar-refractivity contribution < 1.29 is 4.79 Å². The van der Waals surface area contributed by atoms with E-state index >= 15 is 0 Å². The van der Waals surface area contributed by atoms with Crippen molar-refractivity contribution in [2.75, 3.05) is 0 Å². The van der Waals surface area contributed by atoms with Crippen LogP contribution in [0.5, 0.6) is 0 Å². The van der Waals surface area contributed by atoms with E-state index in [2.05, 4.69) is 25.2 Å². The lowest BCUT2D eigenvalue weighted by Crippen LogP contribution is -2.38. The molecule has 17 heavy (non-hydrogen) atoms. The van der Waals surface area contributed by atoms with Gasteiger partial charge in [0, 0.05) is 6.04 Å². The summed E-state index contributed by atoms with van der Waals surface area (Å²) in [7, 11) is 0. The highest BCUT2D eigenvalue weighted by Gasteiger charge is 2.20. The van der Waals surface area contributed by atoms with E-state index in [-0.39, 0.29) is 11.9 Å². The van der Waals surface area contributed by atoms with E-state index in [1.807, 2.05) is 26.0 Å². The van der Waals surface area contributed by atoms with Crippen LogP contribution in [0.4, 0.5) is 0 Å². The van der Waals surface area contributed by atoms with Gasteiger partial charge in [0.1, 0.15) is 6.04 Å². The summed E-state index contributed by atoms with van der Waals surface area (Å²) in [5.74, 6) is -0.322. The summed E-state index contributed by atoms with van der Waals surface area (Å²) in [5.41, 5.74) is 8.75. The first-order valence-electron chi connectivity index (χ1n) is 6.08. The molecule has 0 aliphatic carbocycles. The van der Waals surface area contributed by atoms with Gasteiger partial charge < -0.3 is 5.73 Å². The molecule has 0 aliphatic heterocycles. The van der Waals surface area contributed by atoms with E-state index in [0.29, 0.717) is 0 Å². The predicted molar refractivity (Wildman–Crippen MR) is 70.7 cm³/mol. The lowest BCUT2D eigenvalue weighted by molar-refractivity contribution is -0.120. The molecule has 1 amide bonds. The highest BCUT2D eigenvalue weighted by atomic mass is 16.1. The molecule has 2 unspecified atom stereocenters. The molecule has 1 aromatic carbocycles. The third kappa shape index (κ3) is 3.56. The highest BCUT2D eigenvalue weighted by molar-refractivity contribution is 5.82. The molecule has 0 spiro atoms. The molecule has 1 rings (SSSR count). The van der Waals surface area contributed by atoms with Crippen LogP contribution >= 0.6 is 0 Å². The predicted octanol–water partition coefficient (Wildman–Crippen LogP) is 2.22. The zero-order valence-corrected chi connectivity index (χ0v) is 11.1. The number of nitrogens with two attached hydrogens (primary N) is 1. The number of hydrogen-bond acceptors (Lipinski definition) is 2. The summed E-state index contributed by atoms with van der Waals surface area (Å²) in [6.45, 7) is 8.19. The largest absolute Gasteiger partial charge is 0.368 e. The zero-order chi connectivity index (χ0) is 13.0. The van der Waals surface area contributed by atoms with E-state index in [0.717, 1.165) is 17.5 Å². The SMILES string of the molecule is CCC(C)NC(C(N)=O)c1ccc(C)cc1C. The average molecular weight is 234 g/mol. The van der Waals surface area contributed by atoms with Gasteiger partial charge in [0.15, 0.2) is 0 Å². The van der Waals surface area contributed by atoms with Crippen LogP contribution in [0.2, 0.25) is 0 Å². The number of hydrogen-bond donors (Lipinski definition) is 2. The van der Waals surface area contributed by atoms with E-state index in [1.165, 1.54) is 5.56 Å². The lowest BCUT2D eigenvalue weighted by Gasteiger charge is -2.22. The van der Waals surface area contributed by atoms with Crippen LogP contribution in [0, 0.1) is 13.8 Å². The van der Waals surface area contributed by atoms with Gasteiger partial charge in [0.2, 0.25) is 5.91 Å². The Hall–Kier alpha value is -1.35. The second-order valence-corrected chi connectivity index (χ2v) is 4.67. The fraction of sp³-hybridized carbons (Fsp3) is 0.500. The number of amides is 1. The summed E-state index contributed by atoms with van der Waals surface area (Å²) < 4.78 is 0. The van der Waals surface area contributed by atoms with Gasteiger partial charge in [-0.15, -0.1) is 0 Å². The Kier molecular flexibility index (Phi) is 4.70. The number of benzene rings is 1. The summed E-state index contributed by atoms with van der Waals surface area (Å²) >= 11 is 0. The van der Waals surface area contributed by atoms with Gasteiger partial charge >= 0.3 is 0 Å². The number of aryl methyl sites for hydroxylation is 2. The second-order valence-electron chi connectivity index (χ2n) is 4.67. The van der Waals surface area contributed by atoms with Crippen molar-refractivity contribution in [3.8, 4) is 0 Å². The van der Waals surface area contributed by atoms with E-state index in [9.17, 15) is 4.79 Å². The molecule has 0 saturated carbocycles. The Labute approximate surface area is 103 Å². The number of rotatable bonds is 5. The first-order chi connectivity index (χ1) is 7.95. The zero-order valence-electron chi connectivity index (χ0n) is 11.1. The van der Waals surface area contributed by atoms with Crippen molar-refractivity contribution in [2.45, 2.75) is 46.2 Å². The molecular formula is C14H22N2O. The topological polar surface area (TPSA) is 55.1 Å². The van der Waals surface area contributed by atoms with Crippen LogP contribution in [-0.2, 0) is 4.79 Å². The van der Waals surface area contributed by atoms with E-state index in [4.69, 9.17) is 5.73 Å². The minimum absolute atomic E-state index is 0.271. The minimum atomic E-state index is -0.398. The third-order valence-electron chi connectivity index (χ3n) is 3.08. The van der Waals surface area contributed by atoms with Gasteiger partial charge in [-0.1, -0.05) is 30.7 Å². The van der Waals surface area contributed by atoms with Gasteiger partial charge in [0.25, 0.3) is 0 Å². The van der Waals surface area contributed by atoms with Crippen LogP contribution < -0.4 is 11.1 Å². The molecule has 0 aliphatic rings. The third-order valence-corrected chi connectivity index (χ3v) is 3.08. The van der Waals surface area contributed by atoms with Gasteiger partial charge in [-0.3, -0.25) is 10.1 Å². The first-order valence-corrected chi connectivity index (χ1v) is 6.08. The fourth-order valence-corrected chi connectivity index (χ4v) is 1.88. The molecule has 0 saturated heterocycles. The normalized spacial score (nSPS) is 14.4. The van der Waals surface area contributed by atoms with Crippen LogP contribution in [0.3, 0.4) is 0 Å². The monoisotopic (exact) mass is 234 g/mol. The van der Waals surface area contributed by atoms with Crippen LogP contribution in [0.15, 0.2) is 18.2 Å². The summed E-state index contributed by atoms with van der Waals surface area (Å²) in [4.78, 5) is 11.5. The Morgan fingerprint density at radius 2 is 2.06 bits per heavy atom. The molecule has 94 valence electrons. The number of primary amides is 1. The van der Waals surface area contributed by atoms with Crippen molar-refractivity contribution in [3.05, 3.63) is 34.9 Å². The van der Waals surface area contributed by atoms with E-state index in [1.54, 1.807) is 0 Å². The van der Waals surface area contributed by atoms with Crippen LogP contribution in [0.25, 0.3) is 0 Å². The quantitative estimate of drug-likeness (QED) is 0.820. The summed E-state index contributed by atoms with van der Waals surface area (Å²) in [5, 5.41) is 3.27. The highest BCUT2D eigenvalue weighted by Crippen LogP contribution is 2.19. The first kappa shape index (κ1) is 13.7. The number of nitrogens with one attached hydrogen (secondary N) is 1. The molecule has 0 heterocycles. The van der Waals surface area contributed by atoms with Crippen molar-refractivity contribution in [3.63, 3.8) is 0 Å². The Bertz CT molecular complexity index is 401. The van der Waals surface area contributed by atoms with Gasteiger partial charge in [-0.2, -0.15) is 0 Å². The summed E-state index contributed by atoms with van der Waals surface area (Å²) in [6.07, 6.45) is 0.967. The minimum Gasteiger partial charge on any atom is -0.368 e. The number of carbonyl (C=O) groups excluding carboxylic acids is 1. The number of carbonyl (C=O) groups is 1. The molecule has 0 bridgehead atoms. The fourth-order valence-electron chi connectivity index (χ4n) is 1.88. The van der Waals surface area contributed by atoms with Crippen LogP contribution in [-0.4, -0.2) is 11.9 Å². The molecule has 2 atom stereocenters. The molecular weight excluding hydrogens is 212 g/mol. The molecule has 1 aromatic rings. The Balaban J connectivity index is 3.01. The molecule has 0 fully saturated rings. The standard InChI is InChI=1S/C14H22N2O/c1-5-11(4)16-13(14(15)17)12-7-6-9(2)8-10(12)3/h6-8,11,13,16H,5H2,1-4H3,(H2,15,17). The lowest BCUT2D eigenvalue weighted by atomic mass is 9.98. The smallest absolute Gasteiger partial charge is 0.239 e. The summed E-state index contributed by atoms with van der Waals surface area (Å²) in [6, 6.07) is 5.94. The average Bonchev–Trinajstić information content (AvgIpc) is 2.26. The molecule has 0 radical (unpaired) electrons. The van der Waals surface area contributed by atoms with E-state index < -0.39 is 6.04 Å². The maximum Gasteiger partial charge on any atom is 0.239 e. The Morgan fingerprint density at radius 1 is 1.41 bits per heavy atom. The van der Waals surface area contributed by atoms with Crippen molar-refractivity contribution in [1.82, 2.24) is 5.32 Å². The second kappa shape index (κ2) is 5.82. The van der Waals surface area contributed by atoms with Crippen molar-refractivity contribution in [2.24, 2.45) is 5.73 Å². The van der Waals surface area contributed by atoms with Gasteiger partial charge in [-0.25, -0.2) is 0 Å². The maximum atomic E-state index is 11.5. The van der Waals surface area contributed by atoms with Crippen LogP contribution in [0.1, 0.15) is 43.0 Å². The maximum absolute atomic E-state index is 11.5. The van der Waals surface area contributed by atoms with Gasteiger partial charge in [-0.05, 0) is 38.3 Å². The van der Waals surface area contributed by atoms with Gasteiger partial charge in [0.05, 0.1) is 0 Å². The molecule has 3 nitrogen and oxygen atoms in total. The Morgan fingerprint density at radius 3 is 2.53 bits per heavy atom. The van der Waals surface area contributed by atoms with Crippen molar-refractivity contribution >= 4 is 5.91 Å². The van der Waals surface area contributed by atoms with Crippen molar-refractivity contribution in [1.29, 1.82) is 0 Å². The molecule has 3 heteroatoms. The molecule has 0 aromatic heterocycles. The molecule has 3 N–H and O–H groups in total.